The Bertz CT molecular complexity index is 719. The Hall–Kier alpha value is -2.00. The molecular weight excluding hydrogens is 428 g/mol. The van der Waals surface area contributed by atoms with Crippen LogP contribution in [-0.4, -0.2) is 61.0 Å². The first kappa shape index (κ1) is 26.3. The van der Waals surface area contributed by atoms with E-state index in [1.807, 2.05) is 0 Å². The second-order valence-corrected chi connectivity index (χ2v) is 9.23. The van der Waals surface area contributed by atoms with Gasteiger partial charge in [0.25, 0.3) is 0 Å². The number of amides is 3. The number of carbonyl (C=O) groups excluding carboxylic acids is 3. The number of anilines is 1. The average Bonchev–Trinajstić information content (AvgIpc) is 3.22. The number of nitrogens with one attached hydrogen (secondary N) is 2. The fourth-order valence-electron chi connectivity index (χ4n) is 3.86. The Kier molecular flexibility index (Phi) is 12.3. The van der Waals surface area contributed by atoms with Crippen molar-refractivity contribution in [1.82, 2.24) is 15.2 Å². The number of rotatable bonds is 14. The van der Waals surface area contributed by atoms with Gasteiger partial charge >= 0.3 is 0 Å². The summed E-state index contributed by atoms with van der Waals surface area (Å²) < 4.78 is 5.12. The molecule has 0 saturated heterocycles. The van der Waals surface area contributed by atoms with Gasteiger partial charge in [0.05, 0.1) is 18.7 Å². The summed E-state index contributed by atoms with van der Waals surface area (Å²) in [5, 5.41) is 7.90. The van der Waals surface area contributed by atoms with Crippen LogP contribution in [0.4, 0.5) is 5.13 Å². The zero-order valence-corrected chi connectivity index (χ0v) is 20.3. The summed E-state index contributed by atoms with van der Waals surface area (Å²) in [5.74, 6) is -0.312. The molecule has 0 unspecified atom stereocenters. The molecule has 0 radical (unpaired) electrons. The molecule has 3 amide bonds. The summed E-state index contributed by atoms with van der Waals surface area (Å²) in [6.45, 7) is 3.59. The van der Waals surface area contributed by atoms with Gasteiger partial charge in [0.2, 0.25) is 17.7 Å². The molecule has 0 atom stereocenters. The number of nitrogens with zero attached hydrogens (tertiary/aromatic N) is 2. The lowest BCUT2D eigenvalue weighted by Crippen LogP contribution is -2.43. The number of hydrogen-bond donors (Lipinski definition) is 2. The van der Waals surface area contributed by atoms with Gasteiger partial charge in [-0.1, -0.05) is 45.4 Å². The van der Waals surface area contributed by atoms with Crippen molar-refractivity contribution >= 4 is 34.2 Å². The minimum absolute atomic E-state index is 0.000330. The molecule has 2 rings (SSSR count). The van der Waals surface area contributed by atoms with Crippen molar-refractivity contribution in [3.05, 3.63) is 11.1 Å². The summed E-state index contributed by atoms with van der Waals surface area (Å²) in [4.78, 5) is 43.5. The molecule has 0 spiro atoms. The van der Waals surface area contributed by atoms with Gasteiger partial charge in [0.15, 0.2) is 5.13 Å². The zero-order chi connectivity index (χ0) is 23.2. The van der Waals surface area contributed by atoms with Crippen molar-refractivity contribution in [2.75, 3.05) is 38.7 Å². The molecule has 1 aromatic heterocycles. The Balaban J connectivity index is 1.80. The van der Waals surface area contributed by atoms with Crippen LogP contribution in [0.15, 0.2) is 5.38 Å². The number of aromatic nitrogens is 1. The number of carbonyl (C=O) groups is 3. The zero-order valence-electron chi connectivity index (χ0n) is 19.5. The predicted molar refractivity (Wildman–Crippen MR) is 127 cm³/mol. The van der Waals surface area contributed by atoms with Crippen LogP contribution < -0.4 is 10.6 Å². The molecule has 1 fully saturated rings. The predicted octanol–water partition coefficient (Wildman–Crippen LogP) is 3.38. The van der Waals surface area contributed by atoms with E-state index < -0.39 is 0 Å². The first-order valence-corrected chi connectivity index (χ1v) is 12.7. The molecule has 0 bridgehead atoms. The van der Waals surface area contributed by atoms with Crippen LogP contribution in [0.2, 0.25) is 0 Å². The lowest BCUT2D eigenvalue weighted by atomic mass is 9.88. The topological polar surface area (TPSA) is 101 Å². The highest BCUT2D eigenvalue weighted by molar-refractivity contribution is 7.13. The maximum absolute atomic E-state index is 12.9. The summed E-state index contributed by atoms with van der Waals surface area (Å²) >= 11 is 1.29. The Labute approximate surface area is 195 Å². The van der Waals surface area contributed by atoms with E-state index in [9.17, 15) is 14.4 Å². The molecule has 1 aliphatic rings. The van der Waals surface area contributed by atoms with E-state index in [0.717, 1.165) is 38.5 Å². The van der Waals surface area contributed by atoms with E-state index in [0.29, 0.717) is 30.5 Å². The van der Waals surface area contributed by atoms with Gasteiger partial charge in [-0.3, -0.25) is 14.4 Å². The Morgan fingerprint density at radius 3 is 2.66 bits per heavy atom. The van der Waals surface area contributed by atoms with Crippen molar-refractivity contribution < 1.29 is 19.1 Å². The van der Waals surface area contributed by atoms with Gasteiger partial charge < -0.3 is 20.3 Å². The van der Waals surface area contributed by atoms with Gasteiger partial charge in [-0.05, 0) is 19.3 Å². The minimum atomic E-state index is -0.286. The number of unbranched alkanes of at least 4 members (excludes halogenated alkanes) is 3. The summed E-state index contributed by atoms with van der Waals surface area (Å²) in [6, 6.07) is 0. The Morgan fingerprint density at radius 1 is 1.16 bits per heavy atom. The van der Waals surface area contributed by atoms with Crippen LogP contribution in [0, 0.1) is 5.92 Å². The molecule has 9 heteroatoms. The van der Waals surface area contributed by atoms with E-state index in [1.165, 1.54) is 30.6 Å². The summed E-state index contributed by atoms with van der Waals surface area (Å²) in [6.07, 6.45) is 9.72. The third-order valence-electron chi connectivity index (χ3n) is 5.66. The minimum Gasteiger partial charge on any atom is -0.383 e. The van der Waals surface area contributed by atoms with E-state index in [-0.39, 0.29) is 36.6 Å². The van der Waals surface area contributed by atoms with Crippen molar-refractivity contribution in [2.45, 2.75) is 71.1 Å². The third-order valence-corrected chi connectivity index (χ3v) is 6.46. The largest absolute Gasteiger partial charge is 0.383 e. The van der Waals surface area contributed by atoms with E-state index in [2.05, 4.69) is 22.5 Å². The highest BCUT2D eigenvalue weighted by atomic mass is 32.1. The van der Waals surface area contributed by atoms with Crippen molar-refractivity contribution in [1.29, 1.82) is 0 Å². The van der Waals surface area contributed by atoms with Crippen LogP contribution in [0.25, 0.3) is 0 Å². The lowest BCUT2D eigenvalue weighted by molar-refractivity contribution is -0.139. The smallest absolute Gasteiger partial charge is 0.245 e. The molecule has 1 aromatic rings. The SMILES string of the molecule is CCCCCCNC(=O)Cc1csc(NC(=O)CN(CCOC)C(=O)C2CCCCC2)n1. The maximum atomic E-state index is 12.9. The maximum Gasteiger partial charge on any atom is 0.245 e. The van der Waals surface area contributed by atoms with Crippen molar-refractivity contribution in [3.8, 4) is 0 Å². The van der Waals surface area contributed by atoms with E-state index in [4.69, 9.17) is 4.74 Å². The van der Waals surface area contributed by atoms with E-state index in [1.54, 1.807) is 17.4 Å². The molecule has 2 N–H and O–H groups in total. The van der Waals surface area contributed by atoms with E-state index >= 15 is 0 Å². The second-order valence-electron chi connectivity index (χ2n) is 8.37. The van der Waals surface area contributed by atoms with Crippen molar-refractivity contribution in [3.63, 3.8) is 0 Å². The van der Waals surface area contributed by atoms with Crippen LogP contribution >= 0.6 is 11.3 Å². The quantitative estimate of drug-likeness (QED) is 0.410. The fraction of sp³-hybridized carbons (Fsp3) is 0.739. The lowest BCUT2D eigenvalue weighted by Gasteiger charge is -2.28. The number of ether oxygens (including phenoxy) is 1. The van der Waals surface area contributed by atoms with Crippen LogP contribution in [-0.2, 0) is 25.5 Å². The molecule has 32 heavy (non-hydrogen) atoms. The van der Waals surface area contributed by atoms with Gasteiger partial charge in [-0.25, -0.2) is 4.98 Å². The Morgan fingerprint density at radius 2 is 1.94 bits per heavy atom. The molecule has 8 nitrogen and oxygen atoms in total. The molecule has 0 aliphatic heterocycles. The monoisotopic (exact) mass is 466 g/mol. The normalized spacial score (nSPS) is 14.2. The van der Waals surface area contributed by atoms with Gasteiger partial charge in [0, 0.05) is 31.5 Å². The fourth-order valence-corrected chi connectivity index (χ4v) is 4.59. The molecule has 1 saturated carbocycles. The van der Waals surface area contributed by atoms with Crippen LogP contribution in [0.5, 0.6) is 0 Å². The number of methoxy groups -OCH3 is 1. The van der Waals surface area contributed by atoms with Crippen LogP contribution in [0.1, 0.15) is 70.4 Å². The molecule has 180 valence electrons. The highest BCUT2D eigenvalue weighted by Crippen LogP contribution is 2.25. The highest BCUT2D eigenvalue weighted by Gasteiger charge is 2.27. The van der Waals surface area contributed by atoms with Gasteiger partial charge in [0.1, 0.15) is 6.54 Å². The summed E-state index contributed by atoms with van der Waals surface area (Å²) in [7, 11) is 1.59. The van der Waals surface area contributed by atoms with Crippen molar-refractivity contribution in [2.24, 2.45) is 5.92 Å². The van der Waals surface area contributed by atoms with Gasteiger partial charge in [-0.15, -0.1) is 11.3 Å². The van der Waals surface area contributed by atoms with Crippen LogP contribution in [0.3, 0.4) is 0 Å². The number of hydrogen-bond acceptors (Lipinski definition) is 6. The standard InChI is InChI=1S/C23H38N4O4S/c1-3-4-5-9-12-24-20(28)15-19-17-32-23(25-19)26-21(29)16-27(13-14-31-2)22(30)18-10-7-6-8-11-18/h17-18H,3-16H2,1-2H3,(H,24,28)(H,25,26,29). The third kappa shape index (κ3) is 9.65. The summed E-state index contributed by atoms with van der Waals surface area (Å²) in [5.41, 5.74) is 0.630. The molecular formula is C23H38N4O4S. The molecule has 0 aromatic carbocycles. The molecule has 1 heterocycles. The van der Waals surface area contributed by atoms with Gasteiger partial charge in [-0.2, -0.15) is 0 Å². The first-order chi connectivity index (χ1) is 15.5. The molecule has 1 aliphatic carbocycles. The number of thiazole rings is 1. The average molecular weight is 467 g/mol. The second kappa shape index (κ2) is 14.9. The first-order valence-electron chi connectivity index (χ1n) is 11.8.